The summed E-state index contributed by atoms with van der Waals surface area (Å²) in [4.78, 5) is 22.4. The molecule has 0 fully saturated rings. The van der Waals surface area contributed by atoms with Crippen LogP contribution in [0, 0.1) is 21.7 Å². The van der Waals surface area contributed by atoms with Gasteiger partial charge in [0.25, 0.3) is 11.6 Å². The average molecular weight is 340 g/mol. The smallest absolute Gasteiger partial charge is 0.285 e. The number of benzene rings is 2. The molecule has 0 saturated carbocycles. The van der Waals surface area contributed by atoms with Crippen LogP contribution in [0.5, 0.6) is 0 Å². The fourth-order valence-corrected chi connectivity index (χ4v) is 2.38. The number of nitro benzene ring substituents is 1. The lowest BCUT2D eigenvalue weighted by Crippen LogP contribution is -2.15. The first-order valence-electron chi connectivity index (χ1n) is 6.18. The highest BCUT2D eigenvalue weighted by molar-refractivity contribution is 7.84. The van der Waals surface area contributed by atoms with Gasteiger partial charge in [-0.1, -0.05) is 6.07 Å². The van der Waals surface area contributed by atoms with E-state index in [9.17, 15) is 27.9 Å². The van der Waals surface area contributed by atoms with Gasteiger partial charge in [-0.05, 0) is 24.3 Å². The number of halogens is 2. The van der Waals surface area contributed by atoms with Crippen LogP contribution in [-0.2, 0) is 10.8 Å². The molecule has 6 nitrogen and oxygen atoms in total. The quantitative estimate of drug-likeness (QED) is 0.684. The Balaban J connectivity index is 2.38. The summed E-state index contributed by atoms with van der Waals surface area (Å²) in [5.41, 5.74) is -1.24. The molecule has 9 heteroatoms. The van der Waals surface area contributed by atoms with Crippen LogP contribution in [0.3, 0.4) is 0 Å². The topological polar surface area (TPSA) is 89.3 Å². The SMILES string of the molecule is CS(=O)c1cccc(NC(=O)c2cc(F)c(F)cc2[N+](=O)[O-])c1. The van der Waals surface area contributed by atoms with E-state index in [1.807, 2.05) is 0 Å². The highest BCUT2D eigenvalue weighted by atomic mass is 32.2. The fourth-order valence-electron chi connectivity index (χ4n) is 1.82. The molecule has 1 atom stereocenters. The number of hydrogen-bond acceptors (Lipinski definition) is 4. The third-order valence-corrected chi connectivity index (χ3v) is 3.82. The number of carbonyl (C=O) groups is 1. The highest BCUT2D eigenvalue weighted by Gasteiger charge is 2.24. The minimum absolute atomic E-state index is 0.224. The molecular weight excluding hydrogens is 330 g/mol. The Morgan fingerprint density at radius 1 is 1.22 bits per heavy atom. The van der Waals surface area contributed by atoms with Crippen molar-refractivity contribution in [3.63, 3.8) is 0 Å². The van der Waals surface area contributed by atoms with Crippen molar-refractivity contribution in [1.29, 1.82) is 0 Å². The van der Waals surface area contributed by atoms with Crippen LogP contribution in [0.4, 0.5) is 20.2 Å². The van der Waals surface area contributed by atoms with Crippen LogP contribution in [-0.4, -0.2) is 21.3 Å². The Morgan fingerprint density at radius 2 is 1.87 bits per heavy atom. The highest BCUT2D eigenvalue weighted by Crippen LogP contribution is 2.24. The molecule has 1 N–H and O–H groups in total. The summed E-state index contributed by atoms with van der Waals surface area (Å²) >= 11 is 0. The largest absolute Gasteiger partial charge is 0.322 e. The second kappa shape index (κ2) is 6.61. The zero-order valence-corrected chi connectivity index (χ0v) is 12.5. The van der Waals surface area contributed by atoms with E-state index in [0.29, 0.717) is 17.0 Å². The van der Waals surface area contributed by atoms with Gasteiger partial charge in [-0.2, -0.15) is 0 Å². The van der Waals surface area contributed by atoms with Gasteiger partial charge in [0.1, 0.15) is 5.56 Å². The lowest BCUT2D eigenvalue weighted by atomic mass is 10.1. The van der Waals surface area contributed by atoms with Crippen molar-refractivity contribution >= 4 is 28.1 Å². The average Bonchev–Trinajstić information content (AvgIpc) is 2.49. The molecule has 0 aromatic heterocycles. The predicted molar refractivity (Wildman–Crippen MR) is 79.7 cm³/mol. The maximum Gasteiger partial charge on any atom is 0.285 e. The molecule has 0 saturated heterocycles. The van der Waals surface area contributed by atoms with Crippen LogP contribution < -0.4 is 5.32 Å². The van der Waals surface area contributed by atoms with Crippen molar-refractivity contribution in [2.45, 2.75) is 4.90 Å². The minimum Gasteiger partial charge on any atom is -0.322 e. The van der Waals surface area contributed by atoms with Crippen molar-refractivity contribution in [2.24, 2.45) is 0 Å². The molecule has 0 heterocycles. The van der Waals surface area contributed by atoms with E-state index in [1.54, 1.807) is 6.07 Å². The van der Waals surface area contributed by atoms with E-state index in [2.05, 4.69) is 5.32 Å². The molecule has 0 aliphatic heterocycles. The van der Waals surface area contributed by atoms with E-state index in [-0.39, 0.29) is 5.69 Å². The molecule has 1 unspecified atom stereocenters. The Bertz CT molecular complexity index is 826. The Morgan fingerprint density at radius 3 is 2.48 bits per heavy atom. The maximum atomic E-state index is 13.3. The number of nitrogens with zero attached hydrogens (tertiary/aromatic N) is 1. The minimum atomic E-state index is -1.42. The van der Waals surface area contributed by atoms with Gasteiger partial charge in [-0.3, -0.25) is 19.1 Å². The summed E-state index contributed by atoms with van der Waals surface area (Å²) in [7, 11) is -1.29. The molecule has 2 rings (SSSR count). The normalized spacial score (nSPS) is 11.8. The van der Waals surface area contributed by atoms with Crippen molar-refractivity contribution in [1.82, 2.24) is 0 Å². The van der Waals surface area contributed by atoms with E-state index in [4.69, 9.17) is 0 Å². The summed E-state index contributed by atoms with van der Waals surface area (Å²) < 4.78 is 37.8. The third kappa shape index (κ3) is 3.75. The van der Waals surface area contributed by atoms with Crippen molar-refractivity contribution in [3.05, 3.63) is 63.7 Å². The van der Waals surface area contributed by atoms with Crippen molar-refractivity contribution < 1.29 is 22.7 Å². The third-order valence-electron chi connectivity index (χ3n) is 2.90. The van der Waals surface area contributed by atoms with Crippen LogP contribution >= 0.6 is 0 Å². The van der Waals surface area contributed by atoms with Gasteiger partial charge in [-0.25, -0.2) is 8.78 Å². The first-order valence-corrected chi connectivity index (χ1v) is 7.73. The molecule has 0 bridgehead atoms. The molecule has 0 spiro atoms. The Kier molecular flexibility index (Phi) is 4.80. The number of hydrogen-bond donors (Lipinski definition) is 1. The maximum absolute atomic E-state index is 13.3. The van der Waals surface area contributed by atoms with Gasteiger partial charge in [-0.15, -0.1) is 0 Å². The first kappa shape index (κ1) is 16.7. The van der Waals surface area contributed by atoms with E-state index < -0.39 is 44.5 Å². The molecule has 0 radical (unpaired) electrons. The van der Waals surface area contributed by atoms with Crippen LogP contribution in [0.15, 0.2) is 41.3 Å². The van der Waals surface area contributed by atoms with Gasteiger partial charge in [0.05, 0.1) is 11.0 Å². The van der Waals surface area contributed by atoms with Crippen LogP contribution in [0.2, 0.25) is 0 Å². The summed E-state index contributed by atoms with van der Waals surface area (Å²) in [6, 6.07) is 6.81. The zero-order chi connectivity index (χ0) is 17.1. The number of carbonyl (C=O) groups excluding carboxylic acids is 1. The molecule has 2 aromatic rings. The molecule has 1 amide bonds. The molecular formula is C14H10F2N2O4S. The summed E-state index contributed by atoms with van der Waals surface area (Å²) in [6.45, 7) is 0. The fraction of sp³-hybridized carbons (Fsp3) is 0.0714. The second-order valence-electron chi connectivity index (χ2n) is 4.48. The monoisotopic (exact) mass is 340 g/mol. The molecule has 120 valence electrons. The Labute approximate surface area is 131 Å². The Hall–Kier alpha value is -2.68. The number of nitrogens with one attached hydrogen (secondary N) is 1. The second-order valence-corrected chi connectivity index (χ2v) is 5.86. The number of anilines is 1. The predicted octanol–water partition coefficient (Wildman–Crippen LogP) is 2.86. The summed E-state index contributed by atoms with van der Waals surface area (Å²) in [6.07, 6.45) is 1.45. The van der Waals surface area contributed by atoms with E-state index >= 15 is 0 Å². The summed E-state index contributed by atoms with van der Waals surface area (Å²) in [5.74, 6) is -3.77. The standard InChI is InChI=1S/C14H10F2N2O4S/c1-23(22)9-4-2-3-8(5-9)17-14(19)10-6-11(15)12(16)7-13(10)18(20)21/h2-7H,1H3,(H,17,19). The van der Waals surface area contributed by atoms with E-state index in [1.165, 1.54) is 24.5 Å². The van der Waals surface area contributed by atoms with Gasteiger partial charge >= 0.3 is 0 Å². The first-order chi connectivity index (χ1) is 10.8. The number of nitro groups is 1. The number of amides is 1. The van der Waals surface area contributed by atoms with Crippen LogP contribution in [0.25, 0.3) is 0 Å². The molecule has 2 aromatic carbocycles. The molecule has 23 heavy (non-hydrogen) atoms. The van der Waals surface area contributed by atoms with Gasteiger partial charge in [0.15, 0.2) is 11.6 Å². The van der Waals surface area contributed by atoms with Crippen LogP contribution in [0.1, 0.15) is 10.4 Å². The zero-order valence-electron chi connectivity index (χ0n) is 11.7. The lowest BCUT2D eigenvalue weighted by Gasteiger charge is -2.07. The lowest BCUT2D eigenvalue weighted by molar-refractivity contribution is -0.385. The van der Waals surface area contributed by atoms with Gasteiger partial charge in [0.2, 0.25) is 0 Å². The molecule has 0 aliphatic carbocycles. The van der Waals surface area contributed by atoms with Crippen molar-refractivity contribution in [3.8, 4) is 0 Å². The van der Waals surface area contributed by atoms with E-state index in [0.717, 1.165) is 0 Å². The van der Waals surface area contributed by atoms with Gasteiger partial charge < -0.3 is 5.32 Å². The number of rotatable bonds is 4. The summed E-state index contributed by atoms with van der Waals surface area (Å²) in [5, 5.41) is 13.2. The van der Waals surface area contributed by atoms with Crippen molar-refractivity contribution in [2.75, 3.05) is 11.6 Å². The molecule has 0 aliphatic rings. The van der Waals surface area contributed by atoms with Gasteiger partial charge in [0, 0.05) is 27.6 Å².